The number of hydrogen-bond donors (Lipinski definition) is 4. The van der Waals surface area contributed by atoms with Crippen molar-refractivity contribution >= 4 is 34.8 Å². The van der Waals surface area contributed by atoms with Crippen molar-refractivity contribution < 1.29 is 83.1 Å². The zero-order chi connectivity index (χ0) is 45.7. The molecule has 1 amide bonds. The largest absolute Gasteiger partial charge is 0.490 e. The predicted molar refractivity (Wildman–Crippen MR) is 187 cm³/mol. The number of rotatable bonds is 8. The lowest BCUT2D eigenvalue weighted by molar-refractivity contribution is -0.193. The number of piperidine rings is 1. The first-order valence-corrected chi connectivity index (χ1v) is 17.5. The third-order valence-corrected chi connectivity index (χ3v) is 8.48. The van der Waals surface area contributed by atoms with Crippen LogP contribution in [0.3, 0.4) is 0 Å². The molecular formula is C35H34F10N8O8. The number of aromatic amines is 1. The Morgan fingerprint density at radius 1 is 0.869 bits per heavy atom. The maximum atomic E-state index is 14.3. The molecule has 4 aromatic rings. The zero-order valence-electron chi connectivity index (χ0n) is 31.1. The third kappa shape index (κ3) is 15.2. The topological polar surface area (TPSA) is 228 Å². The fourth-order valence-electron chi connectivity index (χ4n) is 5.67. The number of ether oxygens (including phenoxy) is 1. The van der Waals surface area contributed by atoms with E-state index in [2.05, 4.69) is 31.0 Å². The maximum absolute atomic E-state index is 14.3. The van der Waals surface area contributed by atoms with Gasteiger partial charge in [0.05, 0.1) is 30.4 Å². The summed E-state index contributed by atoms with van der Waals surface area (Å²) in [5.41, 5.74) is 2.78. The van der Waals surface area contributed by atoms with Gasteiger partial charge in [-0.05, 0) is 43.9 Å². The molecule has 1 aromatic carbocycles. The van der Waals surface area contributed by atoms with Gasteiger partial charge >= 0.3 is 36.4 Å². The number of nitriles is 1. The van der Waals surface area contributed by atoms with Gasteiger partial charge in [-0.1, -0.05) is 0 Å². The molecule has 6 rings (SSSR count). The third-order valence-electron chi connectivity index (χ3n) is 8.48. The summed E-state index contributed by atoms with van der Waals surface area (Å²) in [6.07, 6.45) is -4.40. The van der Waals surface area contributed by atoms with Gasteiger partial charge < -0.3 is 34.8 Å². The van der Waals surface area contributed by atoms with Crippen LogP contribution in [-0.2, 0) is 14.4 Å². The Kier molecular flexibility index (Phi) is 16.9. The number of H-pyrrole nitrogens is 1. The first-order chi connectivity index (χ1) is 28.4. The number of nitrogens with one attached hydrogen (secondary N) is 1. The Hall–Kier alpha value is -6.52. The fraction of sp³-hybridized carbons (Fsp3) is 0.429. The SMILES string of the molecule is N#CCC(CN1CCC(Oc2cc(F)cc(C(=O)N3CCCC3)c2)CC1)n1cc(-c2ncnc3[nH]ccc23)cn1.O=C(O)C(F)(F)F.O=C(O)C(F)(F)F.O=C(O)C(F)(F)F. The lowest BCUT2D eigenvalue weighted by Gasteiger charge is -2.34. The van der Waals surface area contributed by atoms with Crippen molar-refractivity contribution in [1.82, 2.24) is 34.5 Å². The molecular weight excluding hydrogens is 850 g/mol. The number of halogens is 10. The van der Waals surface area contributed by atoms with Crippen molar-refractivity contribution in [3.05, 3.63) is 60.6 Å². The number of aromatic nitrogens is 5. The fourth-order valence-corrected chi connectivity index (χ4v) is 5.67. The lowest BCUT2D eigenvalue weighted by Crippen LogP contribution is -2.41. The number of benzene rings is 1. The first-order valence-electron chi connectivity index (χ1n) is 17.5. The minimum Gasteiger partial charge on any atom is -0.490 e. The number of carbonyl (C=O) groups is 4. The van der Waals surface area contributed by atoms with Crippen LogP contribution in [0.2, 0.25) is 0 Å². The molecule has 0 bridgehead atoms. The van der Waals surface area contributed by atoms with Crippen LogP contribution in [-0.4, -0.2) is 131 Å². The second-order valence-electron chi connectivity index (χ2n) is 12.9. The van der Waals surface area contributed by atoms with E-state index in [0.717, 1.165) is 61.1 Å². The van der Waals surface area contributed by atoms with Crippen LogP contribution >= 0.6 is 0 Å². The van der Waals surface area contributed by atoms with Gasteiger partial charge in [-0.3, -0.25) is 9.48 Å². The Balaban J connectivity index is 0.000000390. The summed E-state index contributed by atoms with van der Waals surface area (Å²) in [5, 5.41) is 36.4. The van der Waals surface area contributed by atoms with Crippen molar-refractivity contribution in [3.63, 3.8) is 0 Å². The summed E-state index contributed by atoms with van der Waals surface area (Å²) >= 11 is 0. The number of amides is 1. The quantitative estimate of drug-likeness (QED) is 0.147. The molecule has 3 aromatic heterocycles. The van der Waals surface area contributed by atoms with Crippen molar-refractivity contribution in [1.29, 1.82) is 5.26 Å². The van der Waals surface area contributed by atoms with Crippen molar-refractivity contribution in [2.45, 2.75) is 62.8 Å². The van der Waals surface area contributed by atoms with E-state index in [1.54, 1.807) is 17.2 Å². The average molecular weight is 885 g/mol. The highest BCUT2D eigenvalue weighted by Gasteiger charge is 2.39. The summed E-state index contributed by atoms with van der Waals surface area (Å²) in [5.74, 6) is -8.48. The highest BCUT2D eigenvalue weighted by Crippen LogP contribution is 2.28. The van der Waals surface area contributed by atoms with E-state index in [0.29, 0.717) is 37.4 Å². The van der Waals surface area contributed by atoms with Gasteiger partial charge in [0.2, 0.25) is 0 Å². The molecule has 1 unspecified atom stereocenters. The second kappa shape index (κ2) is 21.1. The number of nitrogens with zero attached hydrogens (tertiary/aromatic N) is 7. The molecule has 61 heavy (non-hydrogen) atoms. The Morgan fingerprint density at radius 2 is 1.43 bits per heavy atom. The van der Waals surface area contributed by atoms with Gasteiger partial charge in [0.1, 0.15) is 29.6 Å². The van der Waals surface area contributed by atoms with Gasteiger partial charge in [-0.15, -0.1) is 0 Å². The number of hydrogen-bond acceptors (Lipinski definition) is 10. The van der Waals surface area contributed by atoms with E-state index < -0.39 is 42.3 Å². The minimum atomic E-state index is -5.08. The summed E-state index contributed by atoms with van der Waals surface area (Å²) < 4.78 is 118. The standard InChI is InChI=1S/C29H31FN8O2.3C2HF3O2/c30-22-13-20(29(39)37-9-1-2-10-37)14-25(15-22)40-24-5-11-36(12-6-24)18-23(3-7-31)38-17-21(16-35-38)27-26-4-8-32-28(26)34-19-33-27;3*3-2(4,5)1(6)7/h4,8,13-17,19,23-24H,1-3,5-6,9-12,18H2,(H,32,33,34);3*(H,6,7). The van der Waals surface area contributed by atoms with Crippen LogP contribution < -0.4 is 4.74 Å². The van der Waals surface area contributed by atoms with Crippen molar-refractivity contribution in [3.8, 4) is 23.1 Å². The van der Waals surface area contributed by atoms with E-state index in [9.17, 15) is 54.0 Å². The van der Waals surface area contributed by atoms with Gasteiger partial charge in [0.15, 0.2) is 0 Å². The number of fused-ring (bicyclic) bond motifs is 1. The maximum Gasteiger partial charge on any atom is 0.490 e. The van der Waals surface area contributed by atoms with Crippen molar-refractivity contribution in [2.24, 2.45) is 0 Å². The molecule has 0 saturated carbocycles. The molecule has 0 aliphatic carbocycles. The van der Waals surface area contributed by atoms with Crippen LogP contribution in [0.1, 0.15) is 48.5 Å². The number of alkyl halides is 9. The van der Waals surface area contributed by atoms with E-state index in [4.69, 9.17) is 34.4 Å². The second-order valence-corrected chi connectivity index (χ2v) is 12.9. The Morgan fingerprint density at radius 3 is 1.95 bits per heavy atom. The molecule has 0 spiro atoms. The number of carbonyl (C=O) groups excluding carboxylic acids is 1. The molecule has 2 aliphatic heterocycles. The number of aliphatic carboxylic acids is 3. The molecule has 0 radical (unpaired) electrons. The molecule has 1 atom stereocenters. The normalized spacial score (nSPS) is 15.2. The molecule has 26 heteroatoms. The molecule has 5 heterocycles. The molecule has 16 nitrogen and oxygen atoms in total. The monoisotopic (exact) mass is 884 g/mol. The van der Waals surface area contributed by atoms with E-state index in [-0.39, 0.29) is 18.1 Å². The number of carboxylic acids is 3. The molecule has 2 saturated heterocycles. The molecule has 332 valence electrons. The minimum absolute atomic E-state index is 0.0694. The highest BCUT2D eigenvalue weighted by molar-refractivity contribution is 5.95. The summed E-state index contributed by atoms with van der Waals surface area (Å²) in [7, 11) is 0. The smallest absolute Gasteiger partial charge is 0.490 e. The van der Waals surface area contributed by atoms with E-state index >= 15 is 0 Å². The summed E-state index contributed by atoms with van der Waals surface area (Å²) in [4.78, 5) is 55.3. The van der Waals surface area contributed by atoms with Crippen LogP contribution in [0.25, 0.3) is 22.3 Å². The average Bonchev–Trinajstić information content (AvgIpc) is 3.98. The van der Waals surface area contributed by atoms with Crippen LogP contribution in [0, 0.1) is 17.1 Å². The predicted octanol–water partition coefficient (Wildman–Crippen LogP) is 6.09. The van der Waals surface area contributed by atoms with Gasteiger partial charge in [0, 0.05) is 67.7 Å². The lowest BCUT2D eigenvalue weighted by atomic mass is 10.1. The number of likely N-dealkylation sites (tertiary alicyclic amines) is 2. The van der Waals surface area contributed by atoms with Gasteiger partial charge in [-0.25, -0.2) is 28.7 Å². The molecule has 4 N–H and O–H groups in total. The van der Waals surface area contributed by atoms with Gasteiger partial charge in [-0.2, -0.15) is 49.9 Å². The Bertz CT molecular complexity index is 2100. The Labute approximate surface area is 336 Å². The zero-order valence-corrected chi connectivity index (χ0v) is 31.1. The molecule has 2 fully saturated rings. The van der Waals surface area contributed by atoms with Gasteiger partial charge in [0.25, 0.3) is 5.91 Å². The summed E-state index contributed by atoms with van der Waals surface area (Å²) in [6.45, 7) is 3.68. The number of carboxylic acid groups (broad SMARTS) is 3. The van der Waals surface area contributed by atoms with Crippen LogP contribution in [0.4, 0.5) is 43.9 Å². The summed E-state index contributed by atoms with van der Waals surface area (Å²) in [6, 6.07) is 8.44. The van der Waals surface area contributed by atoms with E-state index in [1.807, 2.05) is 23.1 Å². The van der Waals surface area contributed by atoms with Crippen LogP contribution in [0.15, 0.2) is 49.2 Å². The van der Waals surface area contributed by atoms with Crippen molar-refractivity contribution in [2.75, 3.05) is 32.7 Å². The first kappa shape index (κ1) is 48.8. The van der Waals surface area contributed by atoms with E-state index in [1.165, 1.54) is 18.5 Å². The van der Waals surface area contributed by atoms with Crippen LogP contribution in [0.5, 0.6) is 5.75 Å². The molecule has 2 aliphatic rings. The highest BCUT2D eigenvalue weighted by atomic mass is 19.4.